The first-order chi connectivity index (χ1) is 14.5. The molecule has 0 saturated carbocycles. The molecule has 0 fully saturated rings. The van der Waals surface area contributed by atoms with Gasteiger partial charge in [-0.2, -0.15) is 10.1 Å². The van der Waals surface area contributed by atoms with Gasteiger partial charge in [-0.25, -0.2) is 0 Å². The highest BCUT2D eigenvalue weighted by molar-refractivity contribution is 5.82. The fourth-order valence-corrected chi connectivity index (χ4v) is 3.33. The summed E-state index contributed by atoms with van der Waals surface area (Å²) in [5.74, 6) is 2.03. The molecule has 4 rings (SSSR count). The Morgan fingerprint density at radius 1 is 1.30 bits per heavy atom. The Morgan fingerprint density at radius 2 is 2.17 bits per heavy atom. The summed E-state index contributed by atoms with van der Waals surface area (Å²) in [6, 6.07) is 5.98. The van der Waals surface area contributed by atoms with Gasteiger partial charge in [-0.3, -0.25) is 15.0 Å². The number of anilines is 2. The van der Waals surface area contributed by atoms with Crippen molar-refractivity contribution in [3.8, 4) is 0 Å². The Morgan fingerprint density at radius 3 is 2.97 bits per heavy atom. The third kappa shape index (κ3) is 4.51. The molecule has 2 aromatic heterocycles. The Labute approximate surface area is 174 Å². The van der Waals surface area contributed by atoms with Crippen molar-refractivity contribution in [2.24, 2.45) is 5.92 Å². The van der Waals surface area contributed by atoms with Gasteiger partial charge in [0.05, 0.1) is 17.5 Å². The molecule has 1 amide bonds. The van der Waals surface area contributed by atoms with E-state index in [2.05, 4.69) is 42.9 Å². The minimum absolute atomic E-state index is 0.0227. The molecule has 1 aromatic carbocycles. The van der Waals surface area contributed by atoms with Crippen LogP contribution in [0.4, 0.5) is 11.6 Å². The molecule has 1 aliphatic rings. The van der Waals surface area contributed by atoms with E-state index in [0.29, 0.717) is 11.8 Å². The van der Waals surface area contributed by atoms with Gasteiger partial charge in [0.2, 0.25) is 5.95 Å². The van der Waals surface area contributed by atoms with Crippen molar-refractivity contribution in [2.45, 2.75) is 33.2 Å². The average Bonchev–Trinajstić information content (AvgIpc) is 3.35. The predicted molar refractivity (Wildman–Crippen MR) is 115 cm³/mol. The number of rotatable bonds is 7. The molecular weight excluding hydrogens is 382 g/mol. The molecule has 9 heteroatoms. The number of amides is 1. The topological polar surface area (TPSA) is 121 Å². The molecule has 156 valence electrons. The van der Waals surface area contributed by atoms with E-state index in [4.69, 9.17) is 4.74 Å². The van der Waals surface area contributed by atoms with E-state index in [1.165, 1.54) is 0 Å². The van der Waals surface area contributed by atoms with Crippen molar-refractivity contribution in [1.82, 2.24) is 30.7 Å². The summed E-state index contributed by atoms with van der Waals surface area (Å²) in [4.78, 5) is 16.3. The average molecular weight is 407 g/mol. The minimum Gasteiger partial charge on any atom is -0.488 e. The van der Waals surface area contributed by atoms with Crippen molar-refractivity contribution in [3.05, 3.63) is 48.1 Å². The van der Waals surface area contributed by atoms with Gasteiger partial charge in [0, 0.05) is 23.0 Å². The van der Waals surface area contributed by atoms with Gasteiger partial charge in [0.15, 0.2) is 12.4 Å². The van der Waals surface area contributed by atoms with Crippen molar-refractivity contribution in [2.75, 3.05) is 11.9 Å². The lowest BCUT2D eigenvalue weighted by molar-refractivity contribution is -0.125. The predicted octanol–water partition coefficient (Wildman–Crippen LogP) is 3.27. The molecule has 0 bridgehead atoms. The third-order valence-corrected chi connectivity index (χ3v) is 4.77. The maximum Gasteiger partial charge on any atom is 0.258 e. The second kappa shape index (κ2) is 8.40. The van der Waals surface area contributed by atoms with Crippen molar-refractivity contribution in [3.63, 3.8) is 0 Å². The van der Waals surface area contributed by atoms with Crippen LogP contribution in [0.5, 0.6) is 0 Å². The number of benzene rings is 1. The van der Waals surface area contributed by atoms with Crippen LogP contribution in [-0.4, -0.2) is 43.9 Å². The molecule has 0 saturated heterocycles. The highest BCUT2D eigenvalue weighted by atomic mass is 16.5. The van der Waals surface area contributed by atoms with Crippen LogP contribution in [0.25, 0.3) is 16.5 Å². The van der Waals surface area contributed by atoms with E-state index in [-0.39, 0.29) is 24.5 Å². The largest absolute Gasteiger partial charge is 0.488 e. The SMILES string of the molecule is CC(C)NC(=O)COC1=CC=C(c2nc(Nc3ccc4[nH]ncc4c3)n[nH]2)CC1C. The molecule has 4 N–H and O–H groups in total. The highest BCUT2D eigenvalue weighted by Gasteiger charge is 2.20. The second-order valence-electron chi connectivity index (χ2n) is 7.68. The normalized spacial score (nSPS) is 16.3. The van der Waals surface area contributed by atoms with Crippen LogP contribution in [0.1, 0.15) is 33.0 Å². The zero-order valence-electron chi connectivity index (χ0n) is 17.2. The quantitative estimate of drug-likeness (QED) is 0.477. The number of fused-ring (bicyclic) bond motifs is 1. The molecular formula is C21H25N7O2. The van der Waals surface area contributed by atoms with Crippen LogP contribution in [0.2, 0.25) is 0 Å². The molecule has 1 unspecified atom stereocenters. The molecule has 9 nitrogen and oxygen atoms in total. The number of aromatic nitrogens is 5. The fourth-order valence-electron chi connectivity index (χ4n) is 3.33. The number of ether oxygens (including phenoxy) is 1. The van der Waals surface area contributed by atoms with E-state index in [0.717, 1.165) is 34.3 Å². The molecule has 0 spiro atoms. The van der Waals surface area contributed by atoms with Gasteiger partial charge < -0.3 is 15.4 Å². The summed E-state index contributed by atoms with van der Waals surface area (Å²) in [5, 5.41) is 21.3. The number of hydrogen-bond acceptors (Lipinski definition) is 6. The molecule has 3 aromatic rings. The highest BCUT2D eigenvalue weighted by Crippen LogP contribution is 2.30. The zero-order chi connectivity index (χ0) is 21.1. The van der Waals surface area contributed by atoms with Crippen LogP contribution in [-0.2, 0) is 9.53 Å². The Balaban J connectivity index is 1.41. The van der Waals surface area contributed by atoms with Gasteiger partial charge in [-0.1, -0.05) is 13.0 Å². The van der Waals surface area contributed by atoms with E-state index >= 15 is 0 Å². The third-order valence-electron chi connectivity index (χ3n) is 4.77. The lowest BCUT2D eigenvalue weighted by Gasteiger charge is -2.21. The molecule has 0 radical (unpaired) electrons. The van der Waals surface area contributed by atoms with Crippen LogP contribution in [0.15, 0.2) is 42.3 Å². The monoisotopic (exact) mass is 407 g/mol. The molecule has 30 heavy (non-hydrogen) atoms. The maximum absolute atomic E-state index is 11.8. The van der Waals surface area contributed by atoms with Gasteiger partial charge in [0.25, 0.3) is 5.91 Å². The lowest BCUT2D eigenvalue weighted by atomic mass is 9.93. The van der Waals surface area contributed by atoms with Crippen molar-refractivity contribution < 1.29 is 9.53 Å². The fraction of sp³-hybridized carbons (Fsp3) is 0.333. The van der Waals surface area contributed by atoms with Crippen LogP contribution >= 0.6 is 0 Å². The van der Waals surface area contributed by atoms with Gasteiger partial charge in [-0.05, 0) is 50.1 Å². The summed E-state index contributed by atoms with van der Waals surface area (Å²) >= 11 is 0. The number of nitrogens with one attached hydrogen (secondary N) is 4. The first kappa shape index (κ1) is 19.7. The number of carbonyl (C=O) groups is 1. The second-order valence-corrected chi connectivity index (χ2v) is 7.68. The van der Waals surface area contributed by atoms with E-state index < -0.39 is 0 Å². The van der Waals surface area contributed by atoms with Gasteiger partial charge in [0.1, 0.15) is 0 Å². The summed E-state index contributed by atoms with van der Waals surface area (Å²) in [7, 11) is 0. The van der Waals surface area contributed by atoms with E-state index in [9.17, 15) is 4.79 Å². The number of nitrogens with zero attached hydrogens (tertiary/aromatic N) is 3. The molecule has 1 atom stereocenters. The summed E-state index contributed by atoms with van der Waals surface area (Å²) < 4.78 is 5.69. The van der Waals surface area contributed by atoms with Gasteiger partial charge in [-0.15, -0.1) is 5.10 Å². The molecule has 2 heterocycles. The van der Waals surface area contributed by atoms with Gasteiger partial charge >= 0.3 is 0 Å². The minimum atomic E-state index is -0.118. The maximum atomic E-state index is 11.8. The summed E-state index contributed by atoms with van der Waals surface area (Å²) in [5.41, 5.74) is 2.90. The number of allylic oxidation sites excluding steroid dienone is 4. The number of carbonyl (C=O) groups excluding carboxylic acids is 1. The number of H-pyrrole nitrogens is 2. The summed E-state index contributed by atoms with van der Waals surface area (Å²) in [6.45, 7) is 5.93. The van der Waals surface area contributed by atoms with Crippen molar-refractivity contribution >= 4 is 34.0 Å². The van der Waals surface area contributed by atoms with Crippen molar-refractivity contribution in [1.29, 1.82) is 0 Å². The Bertz CT molecular complexity index is 1110. The zero-order valence-corrected chi connectivity index (χ0v) is 17.2. The standard InChI is InChI=1S/C21H25N7O2/c1-12(2)23-19(29)11-30-18-7-4-14(8-13(18)3)20-25-21(28-27-20)24-16-5-6-17-15(9-16)10-22-26-17/h4-7,9-10,12-13H,8,11H2,1-3H3,(H,22,26)(H,23,29)(H2,24,25,27,28). The number of aromatic amines is 2. The smallest absolute Gasteiger partial charge is 0.258 e. The lowest BCUT2D eigenvalue weighted by Crippen LogP contribution is -2.33. The van der Waals surface area contributed by atoms with E-state index in [1.54, 1.807) is 6.20 Å². The Kier molecular flexibility index (Phi) is 5.51. The Hall–Kier alpha value is -3.62. The van der Waals surface area contributed by atoms with Crippen LogP contribution in [0, 0.1) is 5.92 Å². The van der Waals surface area contributed by atoms with Crippen LogP contribution < -0.4 is 10.6 Å². The first-order valence-electron chi connectivity index (χ1n) is 9.94. The molecule has 1 aliphatic carbocycles. The summed E-state index contributed by atoms with van der Waals surface area (Å²) in [6.07, 6.45) is 6.37. The first-order valence-corrected chi connectivity index (χ1v) is 9.94. The molecule has 0 aliphatic heterocycles. The number of hydrogen-bond donors (Lipinski definition) is 4. The van der Waals surface area contributed by atoms with E-state index in [1.807, 2.05) is 44.2 Å². The van der Waals surface area contributed by atoms with Crippen LogP contribution in [0.3, 0.4) is 0 Å².